The number of hydrogen-bond donors (Lipinski definition) is 2. The molecule has 3 heteroatoms. The smallest absolute Gasteiger partial charge is 0.0743 e. The molecule has 0 radical (unpaired) electrons. The molecule has 0 aromatic heterocycles. The van der Waals surface area contributed by atoms with Crippen LogP contribution in [0.3, 0.4) is 0 Å². The summed E-state index contributed by atoms with van der Waals surface area (Å²) in [5.74, 6) is 7.31. The van der Waals surface area contributed by atoms with Gasteiger partial charge in [-0.15, -0.1) is 0 Å². The van der Waals surface area contributed by atoms with Gasteiger partial charge in [0.2, 0.25) is 0 Å². The van der Waals surface area contributed by atoms with Gasteiger partial charge in [0.15, 0.2) is 0 Å². The van der Waals surface area contributed by atoms with Gasteiger partial charge >= 0.3 is 0 Å². The first-order chi connectivity index (χ1) is 8.22. The van der Waals surface area contributed by atoms with E-state index in [-0.39, 0.29) is 6.10 Å². The maximum Gasteiger partial charge on any atom is 0.0743 e. The molecule has 0 aliphatic heterocycles. The summed E-state index contributed by atoms with van der Waals surface area (Å²) in [6.07, 6.45) is 7.86. The fraction of sp³-hybridized carbons (Fsp3) is 1.00. The van der Waals surface area contributed by atoms with E-state index in [0.29, 0.717) is 12.0 Å². The van der Waals surface area contributed by atoms with Gasteiger partial charge in [-0.1, -0.05) is 33.1 Å². The van der Waals surface area contributed by atoms with E-state index in [1.807, 2.05) is 0 Å². The number of hydrogen-bond acceptors (Lipinski definition) is 3. The second-order valence-corrected chi connectivity index (χ2v) is 5.51. The maximum atomic E-state index is 5.88. The predicted octanol–water partition coefficient (Wildman–Crippen LogP) is 2.85. The van der Waals surface area contributed by atoms with Crippen LogP contribution in [0.15, 0.2) is 0 Å². The minimum absolute atomic E-state index is 0.283. The summed E-state index contributed by atoms with van der Waals surface area (Å²) in [4.78, 5) is 0. The third-order valence-corrected chi connectivity index (χ3v) is 4.03. The molecular weight excluding hydrogens is 212 g/mol. The molecule has 0 spiro atoms. The molecule has 17 heavy (non-hydrogen) atoms. The van der Waals surface area contributed by atoms with E-state index in [4.69, 9.17) is 10.6 Å². The highest BCUT2D eigenvalue weighted by molar-refractivity contribution is 4.86. The highest BCUT2D eigenvalue weighted by atomic mass is 16.5. The lowest BCUT2D eigenvalue weighted by atomic mass is 9.76. The van der Waals surface area contributed by atoms with Crippen LogP contribution < -0.4 is 11.3 Å². The lowest BCUT2D eigenvalue weighted by Gasteiger charge is -2.37. The highest BCUT2D eigenvalue weighted by Gasteiger charge is 2.31. The van der Waals surface area contributed by atoms with Crippen LogP contribution in [0.25, 0.3) is 0 Å². The fourth-order valence-electron chi connectivity index (χ4n) is 3.22. The Labute approximate surface area is 106 Å². The molecule has 4 atom stereocenters. The van der Waals surface area contributed by atoms with Crippen molar-refractivity contribution in [3.8, 4) is 0 Å². The Bertz CT molecular complexity index is 188. The zero-order chi connectivity index (χ0) is 12.7. The van der Waals surface area contributed by atoms with Crippen molar-refractivity contribution in [1.29, 1.82) is 0 Å². The van der Waals surface area contributed by atoms with E-state index in [1.165, 1.54) is 25.7 Å². The minimum Gasteiger partial charge on any atom is -0.377 e. The molecule has 1 saturated carbocycles. The van der Waals surface area contributed by atoms with Crippen LogP contribution in [0.4, 0.5) is 0 Å². The second-order valence-electron chi connectivity index (χ2n) is 5.51. The van der Waals surface area contributed by atoms with Gasteiger partial charge < -0.3 is 4.74 Å². The molecule has 0 saturated heterocycles. The van der Waals surface area contributed by atoms with Crippen molar-refractivity contribution in [3.05, 3.63) is 0 Å². The molecule has 1 aliphatic carbocycles. The monoisotopic (exact) mass is 242 g/mol. The molecular formula is C14H30N2O. The summed E-state index contributed by atoms with van der Waals surface area (Å²) >= 11 is 0. The van der Waals surface area contributed by atoms with Crippen molar-refractivity contribution in [2.75, 3.05) is 6.61 Å². The zero-order valence-electron chi connectivity index (χ0n) is 11.7. The molecule has 0 aromatic rings. The summed E-state index contributed by atoms with van der Waals surface area (Å²) in [7, 11) is 0. The molecule has 1 aliphatic rings. The van der Waals surface area contributed by atoms with Crippen molar-refractivity contribution < 1.29 is 4.74 Å². The quantitative estimate of drug-likeness (QED) is 0.533. The highest BCUT2D eigenvalue weighted by Crippen LogP contribution is 2.32. The Morgan fingerprint density at radius 2 is 2.12 bits per heavy atom. The number of rotatable bonds is 7. The molecule has 1 rings (SSSR count). The van der Waals surface area contributed by atoms with Gasteiger partial charge in [-0.3, -0.25) is 11.3 Å². The average molecular weight is 242 g/mol. The molecule has 3 nitrogen and oxygen atoms in total. The third-order valence-electron chi connectivity index (χ3n) is 4.03. The van der Waals surface area contributed by atoms with E-state index >= 15 is 0 Å². The predicted molar refractivity (Wildman–Crippen MR) is 72.6 cm³/mol. The van der Waals surface area contributed by atoms with E-state index in [2.05, 4.69) is 26.2 Å². The Hall–Kier alpha value is -0.120. The Morgan fingerprint density at radius 3 is 2.65 bits per heavy atom. The second kappa shape index (κ2) is 8.06. The van der Waals surface area contributed by atoms with Crippen LogP contribution in [0.1, 0.15) is 59.3 Å². The van der Waals surface area contributed by atoms with E-state index in [0.717, 1.165) is 25.4 Å². The minimum atomic E-state index is 0.283. The van der Waals surface area contributed by atoms with Crippen LogP contribution in [0.5, 0.6) is 0 Å². The Kier molecular flexibility index (Phi) is 7.09. The van der Waals surface area contributed by atoms with Crippen LogP contribution in [0.2, 0.25) is 0 Å². The first-order valence-electron chi connectivity index (χ1n) is 7.30. The van der Waals surface area contributed by atoms with Gasteiger partial charge in [-0.2, -0.15) is 0 Å². The summed E-state index contributed by atoms with van der Waals surface area (Å²) in [6.45, 7) is 7.42. The van der Waals surface area contributed by atoms with Gasteiger partial charge in [-0.05, 0) is 38.0 Å². The first kappa shape index (κ1) is 14.9. The summed E-state index contributed by atoms with van der Waals surface area (Å²) in [6, 6.07) is 0.331. The van der Waals surface area contributed by atoms with Crippen LogP contribution in [0, 0.1) is 11.8 Å². The largest absolute Gasteiger partial charge is 0.377 e. The number of nitrogens with one attached hydrogen (secondary N) is 1. The van der Waals surface area contributed by atoms with Crippen molar-refractivity contribution >= 4 is 0 Å². The summed E-state index contributed by atoms with van der Waals surface area (Å²) in [5.41, 5.74) is 3.04. The van der Waals surface area contributed by atoms with Crippen LogP contribution in [-0.4, -0.2) is 18.8 Å². The number of ether oxygens (including phenoxy) is 1. The molecule has 102 valence electrons. The molecule has 4 unspecified atom stereocenters. The number of nitrogens with two attached hydrogens (primary N) is 1. The van der Waals surface area contributed by atoms with E-state index in [1.54, 1.807) is 0 Å². The van der Waals surface area contributed by atoms with Gasteiger partial charge in [0.25, 0.3) is 0 Å². The first-order valence-corrected chi connectivity index (χ1v) is 7.30. The van der Waals surface area contributed by atoms with Gasteiger partial charge in [-0.25, -0.2) is 0 Å². The normalized spacial score (nSPS) is 28.9. The van der Waals surface area contributed by atoms with Crippen LogP contribution in [-0.2, 0) is 4.74 Å². The molecule has 0 bridgehead atoms. The van der Waals surface area contributed by atoms with Gasteiger partial charge in [0, 0.05) is 6.61 Å². The molecule has 0 amide bonds. The lowest BCUT2D eigenvalue weighted by Crippen LogP contribution is -2.51. The van der Waals surface area contributed by atoms with Crippen molar-refractivity contribution in [3.63, 3.8) is 0 Å². The SMILES string of the molecule is CCCC(OCC)C(NN)C1CCCC(C)C1. The van der Waals surface area contributed by atoms with E-state index < -0.39 is 0 Å². The lowest BCUT2D eigenvalue weighted by molar-refractivity contribution is 0.00267. The van der Waals surface area contributed by atoms with Crippen LogP contribution >= 0.6 is 0 Å². The summed E-state index contributed by atoms with van der Waals surface area (Å²) in [5, 5.41) is 0. The fourth-order valence-corrected chi connectivity index (χ4v) is 3.22. The van der Waals surface area contributed by atoms with E-state index in [9.17, 15) is 0 Å². The van der Waals surface area contributed by atoms with Gasteiger partial charge in [0.1, 0.15) is 0 Å². The van der Waals surface area contributed by atoms with Crippen molar-refractivity contribution in [2.45, 2.75) is 71.4 Å². The average Bonchev–Trinajstić information content (AvgIpc) is 2.31. The zero-order valence-corrected chi connectivity index (χ0v) is 11.7. The van der Waals surface area contributed by atoms with Crippen molar-refractivity contribution in [2.24, 2.45) is 17.7 Å². The topological polar surface area (TPSA) is 47.3 Å². The molecule has 1 fully saturated rings. The Morgan fingerprint density at radius 1 is 1.35 bits per heavy atom. The standard InChI is InChI=1S/C14H30N2O/c1-4-7-13(17-5-2)14(16-15)12-9-6-8-11(3)10-12/h11-14,16H,4-10,15H2,1-3H3. The molecule has 0 aromatic carbocycles. The number of hydrazine groups is 1. The maximum absolute atomic E-state index is 5.88. The summed E-state index contributed by atoms with van der Waals surface area (Å²) < 4.78 is 5.88. The molecule has 3 N–H and O–H groups in total. The Balaban J connectivity index is 2.58. The molecule has 0 heterocycles. The van der Waals surface area contributed by atoms with Gasteiger partial charge in [0.05, 0.1) is 12.1 Å². The third kappa shape index (κ3) is 4.57. The van der Waals surface area contributed by atoms with Crippen molar-refractivity contribution in [1.82, 2.24) is 5.43 Å².